The van der Waals surface area contributed by atoms with Crippen molar-refractivity contribution in [1.29, 1.82) is 0 Å². The van der Waals surface area contributed by atoms with Gasteiger partial charge in [0.2, 0.25) is 11.8 Å². The molecule has 0 saturated carbocycles. The minimum Gasteiger partial charge on any atom is -0.353 e. The largest absolute Gasteiger partial charge is 0.353 e. The van der Waals surface area contributed by atoms with Crippen LogP contribution in [-0.4, -0.2) is 60.4 Å². The Bertz CT molecular complexity index is 647. The number of nitrogens with one attached hydrogen (secondary N) is 1. The van der Waals surface area contributed by atoms with E-state index in [4.69, 9.17) is 0 Å². The Morgan fingerprint density at radius 3 is 2.37 bits per heavy atom. The summed E-state index contributed by atoms with van der Waals surface area (Å²) >= 11 is 0. The summed E-state index contributed by atoms with van der Waals surface area (Å²) < 4.78 is 0. The van der Waals surface area contributed by atoms with Gasteiger partial charge in [0.15, 0.2) is 0 Å². The number of hydrogen-bond acceptors (Lipinski definition) is 3. The fourth-order valence-corrected chi connectivity index (χ4v) is 3.03. The number of rotatable bonds is 7. The van der Waals surface area contributed by atoms with E-state index < -0.39 is 5.41 Å². The van der Waals surface area contributed by atoms with Crippen LogP contribution in [-0.2, 0) is 9.59 Å². The number of nitrogens with zero attached hydrogens (tertiary/aromatic N) is 2. The zero-order valence-electron chi connectivity index (χ0n) is 17.1. The molecule has 0 radical (unpaired) electrons. The van der Waals surface area contributed by atoms with Gasteiger partial charge < -0.3 is 10.2 Å². The van der Waals surface area contributed by atoms with Crippen molar-refractivity contribution in [3.05, 3.63) is 42.0 Å². The maximum atomic E-state index is 12.9. The molecule has 148 valence electrons. The van der Waals surface area contributed by atoms with Gasteiger partial charge in [-0.05, 0) is 32.8 Å². The van der Waals surface area contributed by atoms with Crippen molar-refractivity contribution in [2.24, 2.45) is 5.41 Å². The highest BCUT2D eigenvalue weighted by Gasteiger charge is 2.40. The Labute approximate surface area is 163 Å². The van der Waals surface area contributed by atoms with Crippen LogP contribution in [0.5, 0.6) is 0 Å². The Kier molecular flexibility index (Phi) is 7.60. The molecule has 0 spiro atoms. The summed E-state index contributed by atoms with van der Waals surface area (Å²) in [5, 5.41) is 2.94. The number of carbonyl (C=O) groups excluding carboxylic acids is 2. The normalized spacial score (nSPS) is 17.1. The van der Waals surface area contributed by atoms with Gasteiger partial charge in [-0.1, -0.05) is 49.4 Å². The van der Waals surface area contributed by atoms with E-state index in [9.17, 15) is 9.59 Å². The molecule has 1 fully saturated rings. The van der Waals surface area contributed by atoms with Gasteiger partial charge in [0, 0.05) is 38.8 Å². The molecule has 27 heavy (non-hydrogen) atoms. The molecule has 1 heterocycles. The molecule has 0 bridgehead atoms. The minimum absolute atomic E-state index is 0.0808. The van der Waals surface area contributed by atoms with Crippen LogP contribution >= 0.6 is 0 Å². The van der Waals surface area contributed by atoms with Gasteiger partial charge in [-0.3, -0.25) is 14.5 Å². The van der Waals surface area contributed by atoms with Gasteiger partial charge >= 0.3 is 0 Å². The monoisotopic (exact) mass is 371 g/mol. The molecule has 2 amide bonds. The van der Waals surface area contributed by atoms with Crippen LogP contribution in [0.1, 0.15) is 39.7 Å². The van der Waals surface area contributed by atoms with E-state index in [2.05, 4.69) is 34.5 Å². The standard InChI is InChI=1S/C22H33N3O2/c1-5-18(2)23-20(26)22(3,4)21(27)25-16-14-24(15-17-25)13-9-12-19-10-7-6-8-11-19/h6-12,18H,5,13-17H2,1-4H3,(H,23,26)/b12-9+. The summed E-state index contributed by atoms with van der Waals surface area (Å²) in [5.74, 6) is -0.266. The van der Waals surface area contributed by atoms with E-state index in [1.54, 1.807) is 13.8 Å². The van der Waals surface area contributed by atoms with Crippen LogP contribution in [0.2, 0.25) is 0 Å². The molecule has 1 atom stereocenters. The molecular formula is C22H33N3O2. The van der Waals surface area contributed by atoms with Crippen LogP contribution in [0.25, 0.3) is 6.08 Å². The van der Waals surface area contributed by atoms with Crippen molar-refractivity contribution >= 4 is 17.9 Å². The molecule has 1 aromatic carbocycles. The number of amides is 2. The van der Waals surface area contributed by atoms with Gasteiger partial charge in [0.05, 0.1) is 0 Å². The Morgan fingerprint density at radius 1 is 1.15 bits per heavy atom. The van der Waals surface area contributed by atoms with Crippen LogP contribution in [0.4, 0.5) is 0 Å². The third-order valence-electron chi connectivity index (χ3n) is 5.23. The first-order valence-electron chi connectivity index (χ1n) is 9.89. The van der Waals surface area contributed by atoms with E-state index >= 15 is 0 Å². The Hall–Kier alpha value is -2.14. The molecule has 1 aromatic rings. The summed E-state index contributed by atoms with van der Waals surface area (Å²) in [6.45, 7) is 11.3. The first-order valence-corrected chi connectivity index (χ1v) is 9.89. The van der Waals surface area contributed by atoms with Crippen LogP contribution in [0.15, 0.2) is 36.4 Å². The van der Waals surface area contributed by atoms with E-state index in [-0.39, 0.29) is 17.9 Å². The summed E-state index contributed by atoms with van der Waals surface area (Å²) in [7, 11) is 0. The van der Waals surface area contributed by atoms with Gasteiger partial charge in [-0.2, -0.15) is 0 Å². The smallest absolute Gasteiger partial charge is 0.237 e. The SMILES string of the molecule is CCC(C)NC(=O)C(C)(C)C(=O)N1CCN(C/C=C/c2ccccc2)CC1. The summed E-state index contributed by atoms with van der Waals surface area (Å²) in [6.07, 6.45) is 5.14. The van der Waals surface area contributed by atoms with Crippen LogP contribution in [0.3, 0.4) is 0 Å². The molecule has 0 aromatic heterocycles. The van der Waals surface area contributed by atoms with Crippen LogP contribution < -0.4 is 5.32 Å². The van der Waals surface area contributed by atoms with Crippen molar-refractivity contribution < 1.29 is 9.59 Å². The second kappa shape index (κ2) is 9.70. The van der Waals surface area contributed by atoms with E-state index in [0.717, 1.165) is 26.1 Å². The molecule has 1 aliphatic heterocycles. The maximum absolute atomic E-state index is 12.9. The lowest BCUT2D eigenvalue weighted by Gasteiger charge is -2.38. The molecular weight excluding hydrogens is 338 g/mol. The quantitative estimate of drug-likeness (QED) is 0.750. The van der Waals surface area contributed by atoms with Crippen LogP contribution in [0, 0.1) is 5.41 Å². The first kappa shape index (κ1) is 21.2. The van der Waals surface area contributed by atoms with Gasteiger partial charge in [0.25, 0.3) is 0 Å². The number of piperazine rings is 1. The average Bonchev–Trinajstić information content (AvgIpc) is 2.68. The highest BCUT2D eigenvalue weighted by atomic mass is 16.2. The predicted octanol–water partition coefficient (Wildman–Crippen LogP) is 2.78. The summed E-state index contributed by atoms with van der Waals surface area (Å²) in [6, 6.07) is 10.3. The molecule has 1 saturated heterocycles. The second-order valence-corrected chi connectivity index (χ2v) is 7.81. The van der Waals surface area contributed by atoms with E-state index in [1.165, 1.54) is 5.56 Å². The summed E-state index contributed by atoms with van der Waals surface area (Å²) in [4.78, 5) is 29.5. The maximum Gasteiger partial charge on any atom is 0.237 e. The molecule has 5 heteroatoms. The predicted molar refractivity (Wildman–Crippen MR) is 110 cm³/mol. The van der Waals surface area contributed by atoms with Crippen molar-refractivity contribution in [3.63, 3.8) is 0 Å². The average molecular weight is 372 g/mol. The lowest BCUT2D eigenvalue weighted by atomic mass is 9.89. The van der Waals surface area contributed by atoms with E-state index in [0.29, 0.717) is 13.1 Å². The zero-order chi connectivity index (χ0) is 19.9. The number of carbonyl (C=O) groups is 2. The van der Waals surface area contributed by atoms with Gasteiger partial charge in [-0.15, -0.1) is 0 Å². The highest BCUT2D eigenvalue weighted by Crippen LogP contribution is 2.21. The lowest BCUT2D eigenvalue weighted by molar-refractivity contribution is -0.150. The molecule has 1 aliphatic rings. The molecule has 1 unspecified atom stereocenters. The fraction of sp³-hybridized carbons (Fsp3) is 0.545. The Balaban J connectivity index is 1.82. The van der Waals surface area contributed by atoms with Crippen molar-refractivity contribution in [3.8, 4) is 0 Å². The second-order valence-electron chi connectivity index (χ2n) is 7.81. The molecule has 2 rings (SSSR count). The van der Waals surface area contributed by atoms with Gasteiger partial charge in [0.1, 0.15) is 5.41 Å². The van der Waals surface area contributed by atoms with Crippen molar-refractivity contribution in [2.45, 2.75) is 40.2 Å². The van der Waals surface area contributed by atoms with E-state index in [1.807, 2.05) is 36.9 Å². The van der Waals surface area contributed by atoms with Crippen molar-refractivity contribution in [1.82, 2.24) is 15.1 Å². The summed E-state index contributed by atoms with van der Waals surface area (Å²) in [5.41, 5.74) is 0.166. The number of benzene rings is 1. The lowest BCUT2D eigenvalue weighted by Crippen LogP contribution is -2.56. The zero-order valence-corrected chi connectivity index (χ0v) is 17.1. The topological polar surface area (TPSA) is 52.7 Å². The van der Waals surface area contributed by atoms with Crippen molar-refractivity contribution in [2.75, 3.05) is 32.7 Å². The number of hydrogen-bond donors (Lipinski definition) is 1. The Morgan fingerprint density at radius 2 is 1.78 bits per heavy atom. The minimum atomic E-state index is -1.03. The highest BCUT2D eigenvalue weighted by molar-refractivity contribution is 6.04. The third kappa shape index (κ3) is 5.93. The first-order chi connectivity index (χ1) is 12.8. The van der Waals surface area contributed by atoms with Gasteiger partial charge in [-0.25, -0.2) is 0 Å². The molecule has 0 aliphatic carbocycles. The third-order valence-corrected chi connectivity index (χ3v) is 5.23. The molecule has 5 nitrogen and oxygen atoms in total. The fourth-order valence-electron chi connectivity index (χ4n) is 3.03. The molecule has 1 N–H and O–H groups in total.